The molecule has 0 N–H and O–H groups in total. The molecule has 6 heteroatoms. The van der Waals surface area contributed by atoms with E-state index in [4.69, 9.17) is 4.74 Å². The predicted molar refractivity (Wildman–Crippen MR) is 94.5 cm³/mol. The van der Waals surface area contributed by atoms with E-state index in [1.165, 1.54) is 0 Å². The zero-order valence-corrected chi connectivity index (χ0v) is 14.2. The molecule has 1 atom stereocenters. The van der Waals surface area contributed by atoms with Crippen molar-refractivity contribution in [3.8, 4) is 0 Å². The van der Waals surface area contributed by atoms with Crippen LogP contribution >= 0.6 is 0 Å². The maximum absolute atomic E-state index is 11.9. The molecule has 130 valence electrons. The SMILES string of the molecule is O=C1OC(CCCN2CCN(c3ncccn3)CC2)c2ccccc21. The first-order valence-corrected chi connectivity index (χ1v) is 8.85. The van der Waals surface area contributed by atoms with Crippen molar-refractivity contribution in [1.29, 1.82) is 0 Å². The average Bonchev–Trinajstić information content (AvgIpc) is 2.99. The number of carbonyl (C=O) groups is 1. The van der Waals surface area contributed by atoms with E-state index in [1.54, 1.807) is 12.4 Å². The third-order valence-corrected chi connectivity index (χ3v) is 4.92. The maximum atomic E-state index is 11.9. The molecule has 6 nitrogen and oxygen atoms in total. The summed E-state index contributed by atoms with van der Waals surface area (Å²) in [5, 5.41) is 0. The minimum atomic E-state index is -0.183. The van der Waals surface area contributed by atoms with Crippen LogP contribution in [-0.4, -0.2) is 53.6 Å². The van der Waals surface area contributed by atoms with E-state index < -0.39 is 0 Å². The summed E-state index contributed by atoms with van der Waals surface area (Å²) in [5.41, 5.74) is 1.77. The number of ether oxygens (including phenoxy) is 1. The van der Waals surface area contributed by atoms with Crippen molar-refractivity contribution in [2.24, 2.45) is 0 Å². The van der Waals surface area contributed by atoms with Gasteiger partial charge in [-0.05, 0) is 31.5 Å². The third kappa shape index (κ3) is 3.49. The first-order chi connectivity index (χ1) is 12.3. The molecule has 1 aromatic heterocycles. The van der Waals surface area contributed by atoms with Gasteiger partial charge in [-0.3, -0.25) is 4.90 Å². The Morgan fingerprint density at radius 3 is 2.60 bits per heavy atom. The van der Waals surface area contributed by atoms with Crippen LogP contribution in [0.25, 0.3) is 0 Å². The number of fused-ring (bicyclic) bond motifs is 1. The van der Waals surface area contributed by atoms with Crippen LogP contribution in [0.3, 0.4) is 0 Å². The average molecular weight is 338 g/mol. The minimum Gasteiger partial charge on any atom is -0.454 e. The van der Waals surface area contributed by atoms with Crippen molar-refractivity contribution in [3.05, 3.63) is 53.9 Å². The van der Waals surface area contributed by atoms with Gasteiger partial charge in [-0.25, -0.2) is 14.8 Å². The summed E-state index contributed by atoms with van der Waals surface area (Å²) in [6.45, 7) is 4.95. The number of carbonyl (C=O) groups excluding carboxylic acids is 1. The fourth-order valence-electron chi connectivity index (χ4n) is 3.56. The molecule has 1 saturated heterocycles. The van der Waals surface area contributed by atoms with E-state index in [2.05, 4.69) is 19.8 Å². The van der Waals surface area contributed by atoms with Crippen LogP contribution in [0.2, 0.25) is 0 Å². The van der Waals surface area contributed by atoms with Gasteiger partial charge in [0, 0.05) is 44.1 Å². The van der Waals surface area contributed by atoms with Crippen molar-refractivity contribution in [3.63, 3.8) is 0 Å². The largest absolute Gasteiger partial charge is 0.454 e. The third-order valence-electron chi connectivity index (χ3n) is 4.92. The number of cyclic esters (lactones) is 1. The fourth-order valence-corrected chi connectivity index (χ4v) is 3.56. The summed E-state index contributed by atoms with van der Waals surface area (Å²) < 4.78 is 5.51. The van der Waals surface area contributed by atoms with E-state index >= 15 is 0 Å². The Morgan fingerprint density at radius 2 is 1.80 bits per heavy atom. The predicted octanol–water partition coefficient (Wildman–Crippen LogP) is 2.29. The second-order valence-electron chi connectivity index (χ2n) is 6.50. The molecule has 3 heterocycles. The van der Waals surface area contributed by atoms with Crippen molar-refractivity contribution in [2.45, 2.75) is 18.9 Å². The molecule has 1 fully saturated rings. The molecule has 4 rings (SSSR count). The monoisotopic (exact) mass is 338 g/mol. The molecule has 0 saturated carbocycles. The number of piperazine rings is 1. The van der Waals surface area contributed by atoms with Gasteiger partial charge in [0.1, 0.15) is 6.10 Å². The summed E-state index contributed by atoms with van der Waals surface area (Å²) in [4.78, 5) is 25.2. The highest BCUT2D eigenvalue weighted by Crippen LogP contribution is 2.33. The Kier molecular flexibility index (Phi) is 4.61. The molecule has 2 aliphatic rings. The van der Waals surface area contributed by atoms with Gasteiger partial charge in [0.15, 0.2) is 0 Å². The molecule has 1 aromatic carbocycles. The second-order valence-corrected chi connectivity index (χ2v) is 6.50. The second kappa shape index (κ2) is 7.19. The Balaban J connectivity index is 1.24. The summed E-state index contributed by atoms with van der Waals surface area (Å²) in [6, 6.07) is 9.55. The van der Waals surface area contributed by atoms with Gasteiger partial charge in [-0.2, -0.15) is 0 Å². The number of aromatic nitrogens is 2. The topological polar surface area (TPSA) is 58.6 Å². The van der Waals surface area contributed by atoms with Gasteiger partial charge in [-0.1, -0.05) is 18.2 Å². The summed E-state index contributed by atoms with van der Waals surface area (Å²) in [5.74, 6) is 0.633. The minimum absolute atomic E-state index is 0.0808. The normalized spacial score (nSPS) is 20.4. The number of rotatable bonds is 5. The standard InChI is InChI=1S/C19H22N4O2/c24-18-16-6-2-1-5-15(16)17(25-18)7-3-10-22-11-13-23(14-12-22)19-20-8-4-9-21-19/h1-2,4-6,8-9,17H,3,7,10-14H2. The van der Waals surface area contributed by atoms with E-state index in [0.29, 0.717) is 0 Å². The molecule has 1 unspecified atom stereocenters. The Hall–Kier alpha value is -2.47. The van der Waals surface area contributed by atoms with Crippen LogP contribution in [0, 0.1) is 0 Å². The van der Waals surface area contributed by atoms with Crippen LogP contribution < -0.4 is 4.90 Å². The number of benzene rings is 1. The van der Waals surface area contributed by atoms with Gasteiger partial charge in [-0.15, -0.1) is 0 Å². The molecule has 0 spiro atoms. The number of hydrogen-bond donors (Lipinski definition) is 0. The highest BCUT2D eigenvalue weighted by Gasteiger charge is 2.30. The van der Waals surface area contributed by atoms with Crippen molar-refractivity contribution >= 4 is 11.9 Å². The molecule has 2 aromatic rings. The smallest absolute Gasteiger partial charge is 0.339 e. The summed E-state index contributed by atoms with van der Waals surface area (Å²) in [6.07, 6.45) is 5.40. The number of esters is 1. The molecule has 0 amide bonds. The summed E-state index contributed by atoms with van der Waals surface area (Å²) in [7, 11) is 0. The number of anilines is 1. The lowest BCUT2D eigenvalue weighted by atomic mass is 10.0. The molecular formula is C19H22N4O2. The lowest BCUT2D eigenvalue weighted by Crippen LogP contribution is -2.47. The van der Waals surface area contributed by atoms with Crippen LogP contribution in [0.15, 0.2) is 42.7 Å². The van der Waals surface area contributed by atoms with Gasteiger partial charge in [0.25, 0.3) is 0 Å². The Morgan fingerprint density at radius 1 is 1.04 bits per heavy atom. The van der Waals surface area contributed by atoms with Gasteiger partial charge < -0.3 is 9.64 Å². The first kappa shape index (κ1) is 16.0. The zero-order valence-electron chi connectivity index (χ0n) is 14.2. The van der Waals surface area contributed by atoms with Crippen molar-refractivity contribution in [1.82, 2.24) is 14.9 Å². The highest BCUT2D eigenvalue weighted by molar-refractivity contribution is 5.93. The fraction of sp³-hybridized carbons (Fsp3) is 0.421. The molecular weight excluding hydrogens is 316 g/mol. The van der Waals surface area contributed by atoms with Crippen LogP contribution in [0.5, 0.6) is 0 Å². The van der Waals surface area contributed by atoms with Crippen molar-refractivity contribution < 1.29 is 9.53 Å². The number of hydrogen-bond acceptors (Lipinski definition) is 6. The molecule has 25 heavy (non-hydrogen) atoms. The van der Waals surface area contributed by atoms with Crippen LogP contribution in [-0.2, 0) is 4.74 Å². The molecule has 0 bridgehead atoms. The Bertz CT molecular complexity index is 729. The number of nitrogens with zero attached hydrogens (tertiary/aromatic N) is 4. The van der Waals surface area contributed by atoms with Crippen LogP contribution in [0.4, 0.5) is 5.95 Å². The van der Waals surface area contributed by atoms with E-state index in [9.17, 15) is 4.79 Å². The molecule has 2 aliphatic heterocycles. The van der Waals surface area contributed by atoms with E-state index in [-0.39, 0.29) is 12.1 Å². The van der Waals surface area contributed by atoms with Gasteiger partial charge >= 0.3 is 5.97 Å². The van der Waals surface area contributed by atoms with Crippen LogP contribution in [0.1, 0.15) is 34.9 Å². The zero-order chi connectivity index (χ0) is 17.1. The van der Waals surface area contributed by atoms with Crippen molar-refractivity contribution in [2.75, 3.05) is 37.6 Å². The molecule has 0 aliphatic carbocycles. The van der Waals surface area contributed by atoms with Gasteiger partial charge in [0.05, 0.1) is 5.56 Å². The lowest BCUT2D eigenvalue weighted by molar-refractivity contribution is 0.0358. The van der Waals surface area contributed by atoms with E-state index in [1.807, 2.05) is 30.3 Å². The Labute approximate surface area is 147 Å². The lowest BCUT2D eigenvalue weighted by Gasteiger charge is -2.34. The molecule has 0 radical (unpaired) electrons. The van der Waals surface area contributed by atoms with E-state index in [0.717, 1.165) is 62.6 Å². The van der Waals surface area contributed by atoms with Gasteiger partial charge in [0.2, 0.25) is 5.95 Å². The highest BCUT2D eigenvalue weighted by atomic mass is 16.5. The quantitative estimate of drug-likeness (QED) is 0.780. The summed E-state index contributed by atoms with van der Waals surface area (Å²) >= 11 is 0. The first-order valence-electron chi connectivity index (χ1n) is 8.85. The maximum Gasteiger partial charge on any atom is 0.339 e.